The molecule has 0 amide bonds. The predicted octanol–water partition coefficient (Wildman–Crippen LogP) is 2.03. The van der Waals surface area contributed by atoms with Gasteiger partial charge in [0.25, 0.3) is 0 Å². The van der Waals surface area contributed by atoms with E-state index in [-0.39, 0.29) is 12.1 Å². The van der Waals surface area contributed by atoms with E-state index in [9.17, 15) is 18.3 Å². The molecule has 0 saturated carbocycles. The molecule has 1 N–H and O–H groups in total. The predicted molar refractivity (Wildman–Crippen MR) is 65.5 cm³/mol. The van der Waals surface area contributed by atoms with Crippen molar-refractivity contribution in [3.63, 3.8) is 0 Å². The Morgan fingerprint density at radius 1 is 1.37 bits per heavy atom. The zero-order valence-corrected chi connectivity index (χ0v) is 11.6. The van der Waals surface area contributed by atoms with Crippen molar-refractivity contribution in [2.75, 3.05) is 13.1 Å². The van der Waals surface area contributed by atoms with Crippen LogP contribution < -0.4 is 0 Å². The van der Waals surface area contributed by atoms with Gasteiger partial charge in [-0.1, -0.05) is 6.92 Å². The first kappa shape index (κ1) is 16.0. The maximum absolute atomic E-state index is 12.9. The van der Waals surface area contributed by atoms with Crippen LogP contribution >= 0.6 is 0 Å². The molecule has 0 atom stereocenters. The van der Waals surface area contributed by atoms with Crippen LogP contribution in [0.15, 0.2) is 6.20 Å². The Bertz CT molecular complexity index is 421. The number of rotatable bonds is 5. The van der Waals surface area contributed by atoms with E-state index in [1.807, 2.05) is 6.92 Å². The van der Waals surface area contributed by atoms with E-state index in [2.05, 4.69) is 5.10 Å². The molecular weight excluding hydrogens is 259 g/mol. The molecule has 1 heterocycles. The highest BCUT2D eigenvalue weighted by molar-refractivity contribution is 5.20. The molecule has 0 radical (unpaired) electrons. The van der Waals surface area contributed by atoms with Gasteiger partial charge in [0.2, 0.25) is 0 Å². The van der Waals surface area contributed by atoms with Gasteiger partial charge in [0, 0.05) is 25.7 Å². The van der Waals surface area contributed by atoms with E-state index in [0.29, 0.717) is 13.1 Å². The Kier molecular flexibility index (Phi) is 4.63. The number of aromatic nitrogens is 2. The summed E-state index contributed by atoms with van der Waals surface area (Å²) < 4.78 is 39.6. The minimum atomic E-state index is -4.42. The van der Waals surface area contributed by atoms with Crippen molar-refractivity contribution >= 4 is 0 Å². The molecule has 0 aliphatic carbocycles. The van der Waals surface area contributed by atoms with E-state index in [1.165, 1.54) is 13.2 Å². The molecule has 1 rings (SSSR count). The third kappa shape index (κ3) is 4.50. The summed E-state index contributed by atoms with van der Waals surface area (Å²) in [5, 5.41) is 13.4. The number of aliphatic hydroxyl groups is 1. The monoisotopic (exact) mass is 279 g/mol. The van der Waals surface area contributed by atoms with E-state index < -0.39 is 17.5 Å². The lowest BCUT2D eigenvalue weighted by Crippen LogP contribution is -2.38. The number of likely N-dealkylation sites (N-methyl/N-ethyl adjacent to an activating group) is 1. The summed E-state index contributed by atoms with van der Waals surface area (Å²) in [6.45, 7) is 6.07. The molecular formula is C12H20F3N3O. The first-order chi connectivity index (χ1) is 8.54. The molecule has 0 fully saturated rings. The minimum absolute atomic E-state index is 0.114. The fraction of sp³-hybridized carbons (Fsp3) is 0.750. The van der Waals surface area contributed by atoms with Crippen LogP contribution in [0.3, 0.4) is 0 Å². The summed E-state index contributed by atoms with van der Waals surface area (Å²) in [6.07, 6.45) is -3.19. The van der Waals surface area contributed by atoms with Gasteiger partial charge in [-0.05, 0) is 20.4 Å². The van der Waals surface area contributed by atoms with Crippen molar-refractivity contribution in [3.05, 3.63) is 17.5 Å². The molecule has 0 spiro atoms. The third-order valence-corrected chi connectivity index (χ3v) is 2.73. The molecule has 110 valence electrons. The summed E-state index contributed by atoms with van der Waals surface area (Å²) in [5.74, 6) is 0. The highest BCUT2D eigenvalue weighted by atomic mass is 19.4. The number of alkyl halides is 3. The highest BCUT2D eigenvalue weighted by Gasteiger charge is 2.37. The highest BCUT2D eigenvalue weighted by Crippen LogP contribution is 2.32. The molecule has 1 aromatic heterocycles. The van der Waals surface area contributed by atoms with Gasteiger partial charge in [0.15, 0.2) is 0 Å². The molecule has 0 aliphatic rings. The molecule has 0 bridgehead atoms. The number of hydrogen-bond acceptors (Lipinski definition) is 3. The second-order valence-corrected chi connectivity index (χ2v) is 5.26. The molecule has 0 unspecified atom stereocenters. The SMILES string of the molecule is CCN(Cc1cnn(C)c1C(F)(F)F)CC(C)(C)O. The summed E-state index contributed by atoms with van der Waals surface area (Å²) in [5.41, 5.74) is -1.56. The van der Waals surface area contributed by atoms with Crippen molar-refractivity contribution in [1.82, 2.24) is 14.7 Å². The van der Waals surface area contributed by atoms with Gasteiger partial charge in [-0.25, -0.2) is 0 Å². The van der Waals surface area contributed by atoms with Crippen LogP contribution in [0.25, 0.3) is 0 Å². The number of aryl methyl sites for hydroxylation is 1. The lowest BCUT2D eigenvalue weighted by molar-refractivity contribution is -0.144. The minimum Gasteiger partial charge on any atom is -0.389 e. The summed E-state index contributed by atoms with van der Waals surface area (Å²) >= 11 is 0. The van der Waals surface area contributed by atoms with Crippen LogP contribution in [0.1, 0.15) is 32.0 Å². The molecule has 19 heavy (non-hydrogen) atoms. The Morgan fingerprint density at radius 2 is 1.95 bits per heavy atom. The first-order valence-electron chi connectivity index (χ1n) is 6.07. The standard InChI is InChI=1S/C12H20F3N3O/c1-5-18(8-11(2,3)19)7-9-6-16-17(4)10(9)12(13,14)15/h6,19H,5,7-8H2,1-4H3. The maximum atomic E-state index is 12.9. The molecule has 0 aliphatic heterocycles. The van der Waals surface area contributed by atoms with Crippen LogP contribution in [0.5, 0.6) is 0 Å². The van der Waals surface area contributed by atoms with Gasteiger partial charge in [-0.15, -0.1) is 0 Å². The second-order valence-electron chi connectivity index (χ2n) is 5.26. The average Bonchev–Trinajstić information content (AvgIpc) is 2.56. The summed E-state index contributed by atoms with van der Waals surface area (Å²) in [7, 11) is 1.28. The van der Waals surface area contributed by atoms with Gasteiger partial charge in [-0.2, -0.15) is 18.3 Å². The van der Waals surface area contributed by atoms with Crippen molar-refractivity contribution in [2.24, 2.45) is 7.05 Å². The topological polar surface area (TPSA) is 41.3 Å². The average molecular weight is 279 g/mol. The molecule has 1 aromatic rings. The van der Waals surface area contributed by atoms with Gasteiger partial charge in [0.1, 0.15) is 5.69 Å². The van der Waals surface area contributed by atoms with Crippen LogP contribution in [0.2, 0.25) is 0 Å². The number of nitrogens with zero attached hydrogens (tertiary/aromatic N) is 3. The van der Waals surface area contributed by atoms with E-state index in [1.54, 1.807) is 18.7 Å². The fourth-order valence-corrected chi connectivity index (χ4v) is 2.03. The number of hydrogen-bond donors (Lipinski definition) is 1. The number of halogens is 3. The smallest absolute Gasteiger partial charge is 0.389 e. The van der Waals surface area contributed by atoms with Crippen LogP contribution in [-0.2, 0) is 19.8 Å². The fourth-order valence-electron chi connectivity index (χ4n) is 2.03. The Balaban J connectivity index is 2.93. The van der Waals surface area contributed by atoms with Crippen LogP contribution in [0.4, 0.5) is 13.2 Å². The zero-order valence-electron chi connectivity index (χ0n) is 11.6. The first-order valence-corrected chi connectivity index (χ1v) is 6.07. The van der Waals surface area contributed by atoms with E-state index in [4.69, 9.17) is 0 Å². The maximum Gasteiger partial charge on any atom is 0.433 e. The van der Waals surface area contributed by atoms with Crippen LogP contribution in [-0.4, -0.2) is 38.5 Å². The van der Waals surface area contributed by atoms with Crippen molar-refractivity contribution in [2.45, 2.75) is 39.1 Å². The van der Waals surface area contributed by atoms with Crippen LogP contribution in [0, 0.1) is 0 Å². The largest absolute Gasteiger partial charge is 0.433 e. The van der Waals surface area contributed by atoms with E-state index >= 15 is 0 Å². The lowest BCUT2D eigenvalue weighted by atomic mass is 10.1. The lowest BCUT2D eigenvalue weighted by Gasteiger charge is -2.28. The third-order valence-electron chi connectivity index (χ3n) is 2.73. The van der Waals surface area contributed by atoms with Crippen molar-refractivity contribution in [3.8, 4) is 0 Å². The van der Waals surface area contributed by atoms with Crippen molar-refractivity contribution in [1.29, 1.82) is 0 Å². The van der Waals surface area contributed by atoms with Crippen molar-refractivity contribution < 1.29 is 18.3 Å². The molecule has 0 saturated heterocycles. The van der Waals surface area contributed by atoms with Gasteiger partial charge in [0.05, 0.1) is 11.8 Å². The Hall–Kier alpha value is -1.08. The molecule has 4 nitrogen and oxygen atoms in total. The Morgan fingerprint density at radius 3 is 2.37 bits per heavy atom. The normalized spacial score (nSPS) is 13.3. The van der Waals surface area contributed by atoms with Gasteiger partial charge >= 0.3 is 6.18 Å². The molecule has 0 aromatic carbocycles. The summed E-state index contributed by atoms with van der Waals surface area (Å²) in [6, 6.07) is 0. The zero-order chi connectivity index (χ0) is 14.8. The Labute approximate surface area is 110 Å². The van der Waals surface area contributed by atoms with Gasteiger partial charge < -0.3 is 5.11 Å². The molecule has 7 heteroatoms. The van der Waals surface area contributed by atoms with Gasteiger partial charge in [-0.3, -0.25) is 9.58 Å². The summed E-state index contributed by atoms with van der Waals surface area (Å²) in [4.78, 5) is 1.76. The quantitative estimate of drug-likeness (QED) is 0.896. The second kappa shape index (κ2) is 5.50. The van der Waals surface area contributed by atoms with E-state index in [0.717, 1.165) is 4.68 Å².